The molecule has 14 heavy (non-hydrogen) atoms. The summed E-state index contributed by atoms with van der Waals surface area (Å²) in [6.07, 6.45) is 1.03. The lowest BCUT2D eigenvalue weighted by Crippen LogP contribution is -2.08. The quantitative estimate of drug-likeness (QED) is 0.735. The average Bonchev–Trinajstić information content (AvgIpc) is 2.53. The predicted molar refractivity (Wildman–Crippen MR) is 55.2 cm³/mol. The Morgan fingerprint density at radius 2 is 2.50 bits per heavy atom. The first-order valence-electron chi connectivity index (χ1n) is 4.55. The lowest BCUT2D eigenvalue weighted by molar-refractivity contribution is -0.142. The minimum absolute atomic E-state index is 0.225. The van der Waals surface area contributed by atoms with Crippen LogP contribution in [0.4, 0.5) is 0 Å². The summed E-state index contributed by atoms with van der Waals surface area (Å²) in [5, 5.41) is 2.86. The van der Waals surface area contributed by atoms with Crippen LogP contribution in [0, 0.1) is 0 Å². The van der Waals surface area contributed by atoms with Crippen molar-refractivity contribution in [1.82, 2.24) is 4.98 Å². The molecule has 4 nitrogen and oxygen atoms in total. The van der Waals surface area contributed by atoms with Crippen molar-refractivity contribution in [2.24, 2.45) is 5.73 Å². The van der Waals surface area contributed by atoms with Gasteiger partial charge in [0.25, 0.3) is 0 Å². The molecule has 1 rings (SSSR count). The van der Waals surface area contributed by atoms with Crippen LogP contribution < -0.4 is 5.73 Å². The van der Waals surface area contributed by atoms with Gasteiger partial charge >= 0.3 is 5.97 Å². The summed E-state index contributed by atoms with van der Waals surface area (Å²) < 4.78 is 4.82. The molecule has 0 aliphatic rings. The van der Waals surface area contributed by atoms with Gasteiger partial charge < -0.3 is 10.5 Å². The minimum Gasteiger partial charge on any atom is -0.466 e. The van der Waals surface area contributed by atoms with Crippen molar-refractivity contribution in [1.29, 1.82) is 0 Å². The van der Waals surface area contributed by atoms with E-state index < -0.39 is 0 Å². The van der Waals surface area contributed by atoms with E-state index >= 15 is 0 Å². The summed E-state index contributed by atoms with van der Waals surface area (Å²) in [6.45, 7) is 2.80. The normalized spacial score (nSPS) is 10.1. The van der Waals surface area contributed by atoms with E-state index in [1.165, 1.54) is 11.3 Å². The van der Waals surface area contributed by atoms with Crippen molar-refractivity contribution in [3.63, 3.8) is 0 Å². The third-order valence-corrected chi connectivity index (χ3v) is 2.55. The molecule has 1 heterocycles. The zero-order valence-corrected chi connectivity index (χ0v) is 8.97. The molecule has 1 aromatic heterocycles. The third-order valence-electron chi connectivity index (χ3n) is 1.59. The second kappa shape index (κ2) is 5.72. The smallest absolute Gasteiger partial charge is 0.311 e. The number of nitrogens with two attached hydrogens (primary N) is 1. The molecule has 2 N–H and O–H groups in total. The number of esters is 1. The van der Waals surface area contributed by atoms with Gasteiger partial charge in [-0.15, -0.1) is 11.3 Å². The van der Waals surface area contributed by atoms with Gasteiger partial charge in [0.15, 0.2) is 0 Å². The van der Waals surface area contributed by atoms with Crippen LogP contribution >= 0.6 is 11.3 Å². The first-order valence-corrected chi connectivity index (χ1v) is 5.43. The second-order valence-corrected chi connectivity index (χ2v) is 3.70. The highest BCUT2D eigenvalue weighted by atomic mass is 32.1. The van der Waals surface area contributed by atoms with E-state index in [1.807, 2.05) is 5.38 Å². The summed E-state index contributed by atoms with van der Waals surface area (Å²) in [5.41, 5.74) is 6.17. The topological polar surface area (TPSA) is 65.2 Å². The molecule has 0 bridgehead atoms. The van der Waals surface area contributed by atoms with Crippen LogP contribution in [-0.4, -0.2) is 24.1 Å². The Hall–Kier alpha value is -0.940. The molecule has 0 amide bonds. The Labute approximate surface area is 87.1 Å². The number of thiazole rings is 1. The van der Waals surface area contributed by atoms with Crippen LogP contribution in [0.15, 0.2) is 5.38 Å². The first kappa shape index (κ1) is 11.1. The minimum atomic E-state index is -0.225. The maximum absolute atomic E-state index is 11.1. The van der Waals surface area contributed by atoms with E-state index in [-0.39, 0.29) is 12.4 Å². The van der Waals surface area contributed by atoms with Gasteiger partial charge in [-0.3, -0.25) is 4.79 Å². The van der Waals surface area contributed by atoms with E-state index in [4.69, 9.17) is 10.5 Å². The van der Waals surface area contributed by atoms with Gasteiger partial charge in [-0.2, -0.15) is 0 Å². The van der Waals surface area contributed by atoms with Gasteiger partial charge in [0, 0.05) is 11.8 Å². The molecule has 0 saturated carbocycles. The molecule has 0 saturated heterocycles. The maximum Gasteiger partial charge on any atom is 0.311 e. The van der Waals surface area contributed by atoms with Crippen molar-refractivity contribution in [3.05, 3.63) is 16.1 Å². The lowest BCUT2D eigenvalue weighted by Gasteiger charge is -1.97. The molecule has 0 spiro atoms. The van der Waals surface area contributed by atoms with E-state index in [1.54, 1.807) is 6.92 Å². The molecule has 0 aliphatic heterocycles. The summed E-state index contributed by atoms with van der Waals surface area (Å²) in [4.78, 5) is 15.4. The SMILES string of the molecule is CCOC(=O)Cc1csc(CCN)n1. The van der Waals surface area contributed by atoms with Crippen molar-refractivity contribution >= 4 is 17.3 Å². The Balaban J connectivity index is 2.46. The molecular weight excluding hydrogens is 200 g/mol. The summed E-state index contributed by atoms with van der Waals surface area (Å²) in [6, 6.07) is 0. The number of nitrogens with zero attached hydrogens (tertiary/aromatic N) is 1. The van der Waals surface area contributed by atoms with Gasteiger partial charge in [-0.05, 0) is 13.5 Å². The van der Waals surface area contributed by atoms with Crippen LogP contribution in [0.2, 0.25) is 0 Å². The van der Waals surface area contributed by atoms with Crippen LogP contribution in [0.5, 0.6) is 0 Å². The lowest BCUT2D eigenvalue weighted by atomic mass is 10.3. The van der Waals surface area contributed by atoms with Crippen LogP contribution in [0.25, 0.3) is 0 Å². The summed E-state index contributed by atoms with van der Waals surface area (Å²) >= 11 is 1.54. The van der Waals surface area contributed by atoms with Crippen LogP contribution in [0.3, 0.4) is 0 Å². The molecule has 1 aromatic rings. The third kappa shape index (κ3) is 3.43. The van der Waals surface area contributed by atoms with Crippen molar-refractivity contribution in [2.45, 2.75) is 19.8 Å². The number of hydrogen-bond acceptors (Lipinski definition) is 5. The number of carbonyl (C=O) groups is 1. The van der Waals surface area contributed by atoms with E-state index in [0.717, 1.165) is 17.1 Å². The Kier molecular flexibility index (Phi) is 4.55. The molecule has 0 atom stereocenters. The monoisotopic (exact) mass is 214 g/mol. The fourth-order valence-corrected chi connectivity index (χ4v) is 1.84. The van der Waals surface area contributed by atoms with E-state index in [9.17, 15) is 4.79 Å². The van der Waals surface area contributed by atoms with Crippen molar-refractivity contribution in [3.8, 4) is 0 Å². The largest absolute Gasteiger partial charge is 0.466 e. The van der Waals surface area contributed by atoms with Gasteiger partial charge in [0.2, 0.25) is 0 Å². The number of carbonyl (C=O) groups excluding carboxylic acids is 1. The van der Waals surface area contributed by atoms with E-state index in [0.29, 0.717) is 13.2 Å². The molecule has 78 valence electrons. The van der Waals surface area contributed by atoms with Gasteiger partial charge in [0.1, 0.15) is 0 Å². The molecule has 5 heteroatoms. The van der Waals surface area contributed by atoms with Gasteiger partial charge in [-0.25, -0.2) is 4.98 Å². The number of hydrogen-bond donors (Lipinski definition) is 1. The molecule has 0 aliphatic carbocycles. The highest BCUT2D eigenvalue weighted by molar-refractivity contribution is 7.09. The highest BCUT2D eigenvalue weighted by Crippen LogP contribution is 2.10. The van der Waals surface area contributed by atoms with Crippen molar-refractivity contribution in [2.75, 3.05) is 13.2 Å². The summed E-state index contributed by atoms with van der Waals surface area (Å²) in [5.74, 6) is -0.225. The van der Waals surface area contributed by atoms with Gasteiger partial charge in [-0.1, -0.05) is 0 Å². The van der Waals surface area contributed by atoms with Crippen molar-refractivity contribution < 1.29 is 9.53 Å². The molecule has 0 unspecified atom stereocenters. The number of rotatable bonds is 5. The first-order chi connectivity index (χ1) is 6.76. The highest BCUT2D eigenvalue weighted by Gasteiger charge is 2.07. The zero-order valence-electron chi connectivity index (χ0n) is 8.16. The molecule has 0 aromatic carbocycles. The van der Waals surface area contributed by atoms with E-state index in [2.05, 4.69) is 4.98 Å². The molecule has 0 radical (unpaired) electrons. The summed E-state index contributed by atoms with van der Waals surface area (Å²) in [7, 11) is 0. The molecular formula is C9H14N2O2S. The Bertz CT molecular complexity index is 299. The fraction of sp³-hybridized carbons (Fsp3) is 0.556. The maximum atomic E-state index is 11.1. The second-order valence-electron chi connectivity index (χ2n) is 2.75. The van der Waals surface area contributed by atoms with Crippen LogP contribution in [-0.2, 0) is 22.4 Å². The zero-order chi connectivity index (χ0) is 10.4. The molecule has 0 fully saturated rings. The Morgan fingerprint density at radius 3 is 3.14 bits per heavy atom. The fourth-order valence-electron chi connectivity index (χ4n) is 1.03. The number of ether oxygens (including phenoxy) is 1. The van der Waals surface area contributed by atoms with Gasteiger partial charge in [0.05, 0.1) is 23.7 Å². The predicted octanol–water partition coefficient (Wildman–Crippen LogP) is 0.750. The average molecular weight is 214 g/mol. The number of aromatic nitrogens is 1. The Morgan fingerprint density at radius 1 is 1.71 bits per heavy atom. The van der Waals surface area contributed by atoms with Crippen LogP contribution in [0.1, 0.15) is 17.6 Å². The standard InChI is InChI=1S/C9H14N2O2S/c1-2-13-9(12)5-7-6-14-8(11-7)3-4-10/h6H,2-5,10H2,1H3.